The van der Waals surface area contributed by atoms with Crippen molar-refractivity contribution in [3.63, 3.8) is 0 Å². The third-order valence-corrected chi connectivity index (χ3v) is 7.69. The molecule has 0 saturated heterocycles. The second kappa shape index (κ2) is 11.6. The standard InChI is InChI=1S/C37H30N2O4/c1-41-23-43-36-28(21-40)20-26-11-3-5-14-30(26)35(36)34-29-13-4-2-10-25(29)17-18-33(34)42-22-24-9-8-12-27(19-24)37-38-31-15-6-7-16-32(31)39-37/h2-20,40H,21-23H2,1H3,(H,38,39). The highest BCUT2D eigenvalue weighted by atomic mass is 16.7. The lowest BCUT2D eigenvalue weighted by Crippen LogP contribution is -2.05. The Morgan fingerprint density at radius 1 is 0.721 bits per heavy atom. The van der Waals surface area contributed by atoms with Gasteiger partial charge in [-0.05, 0) is 57.4 Å². The number of ether oxygens (including phenoxy) is 3. The van der Waals surface area contributed by atoms with E-state index in [1.807, 2.05) is 72.8 Å². The van der Waals surface area contributed by atoms with E-state index in [9.17, 15) is 5.11 Å². The lowest BCUT2D eigenvalue weighted by molar-refractivity contribution is 0.0500. The lowest BCUT2D eigenvalue weighted by atomic mass is 9.90. The lowest BCUT2D eigenvalue weighted by Gasteiger charge is -2.21. The van der Waals surface area contributed by atoms with Crippen LogP contribution in [-0.2, 0) is 18.0 Å². The van der Waals surface area contributed by atoms with Crippen LogP contribution in [0.15, 0.2) is 115 Å². The summed E-state index contributed by atoms with van der Waals surface area (Å²) in [6.45, 7) is 0.228. The van der Waals surface area contributed by atoms with Crippen molar-refractivity contribution in [1.82, 2.24) is 9.97 Å². The van der Waals surface area contributed by atoms with Gasteiger partial charge in [-0.1, -0.05) is 84.9 Å². The fourth-order valence-corrected chi connectivity index (χ4v) is 5.72. The monoisotopic (exact) mass is 566 g/mol. The fraction of sp³-hybridized carbons (Fsp3) is 0.108. The van der Waals surface area contributed by atoms with Gasteiger partial charge in [-0.25, -0.2) is 4.98 Å². The van der Waals surface area contributed by atoms with Crippen molar-refractivity contribution in [3.05, 3.63) is 126 Å². The van der Waals surface area contributed by atoms with Gasteiger partial charge in [0.1, 0.15) is 23.9 Å². The van der Waals surface area contributed by atoms with E-state index in [1.165, 1.54) is 0 Å². The number of hydrogen-bond donors (Lipinski definition) is 2. The number of imidazole rings is 1. The third kappa shape index (κ3) is 5.07. The number of benzene rings is 6. The van der Waals surface area contributed by atoms with Crippen LogP contribution in [0.1, 0.15) is 11.1 Å². The number of rotatable bonds is 9. The molecule has 1 aromatic heterocycles. The average molecular weight is 567 g/mol. The Labute approximate surface area is 249 Å². The Morgan fingerprint density at radius 2 is 1.49 bits per heavy atom. The first-order valence-corrected chi connectivity index (χ1v) is 14.2. The first kappa shape index (κ1) is 26.7. The molecule has 6 aromatic carbocycles. The van der Waals surface area contributed by atoms with Gasteiger partial charge in [0.15, 0.2) is 6.79 Å². The highest BCUT2D eigenvalue weighted by molar-refractivity contribution is 6.10. The number of H-pyrrole nitrogens is 1. The van der Waals surface area contributed by atoms with E-state index in [2.05, 4.69) is 47.4 Å². The molecule has 0 fully saturated rings. The maximum absolute atomic E-state index is 10.4. The van der Waals surface area contributed by atoms with Crippen molar-refractivity contribution < 1.29 is 19.3 Å². The molecule has 7 rings (SSSR count). The average Bonchev–Trinajstić information content (AvgIpc) is 3.50. The Balaban J connectivity index is 1.35. The van der Waals surface area contributed by atoms with Crippen molar-refractivity contribution in [2.24, 2.45) is 0 Å². The van der Waals surface area contributed by atoms with E-state index in [-0.39, 0.29) is 13.4 Å². The molecular weight excluding hydrogens is 536 g/mol. The molecule has 0 unspecified atom stereocenters. The zero-order chi connectivity index (χ0) is 29.2. The minimum absolute atomic E-state index is 0.0495. The molecule has 0 spiro atoms. The molecule has 212 valence electrons. The van der Waals surface area contributed by atoms with Gasteiger partial charge >= 0.3 is 0 Å². The summed E-state index contributed by atoms with van der Waals surface area (Å²) < 4.78 is 18.1. The number of aliphatic hydroxyl groups excluding tert-OH is 1. The Morgan fingerprint density at radius 3 is 2.30 bits per heavy atom. The van der Waals surface area contributed by atoms with Crippen molar-refractivity contribution >= 4 is 32.6 Å². The predicted octanol–water partition coefficient (Wildman–Crippen LogP) is 8.26. The molecule has 6 nitrogen and oxygen atoms in total. The number of methoxy groups -OCH3 is 1. The molecule has 6 heteroatoms. The second-order valence-corrected chi connectivity index (χ2v) is 10.4. The van der Waals surface area contributed by atoms with Gasteiger partial charge < -0.3 is 24.3 Å². The number of hydrogen-bond acceptors (Lipinski definition) is 5. The van der Waals surface area contributed by atoms with Crippen LogP contribution in [0.2, 0.25) is 0 Å². The number of fused-ring (bicyclic) bond motifs is 3. The quantitative estimate of drug-likeness (QED) is 0.172. The summed E-state index contributed by atoms with van der Waals surface area (Å²) in [6.07, 6.45) is 0. The fourth-order valence-electron chi connectivity index (χ4n) is 5.72. The number of aliphatic hydroxyl groups is 1. The van der Waals surface area contributed by atoms with Crippen LogP contribution >= 0.6 is 0 Å². The van der Waals surface area contributed by atoms with Crippen LogP contribution in [0.25, 0.3) is 55.1 Å². The number of nitrogens with zero attached hydrogens (tertiary/aromatic N) is 1. The predicted molar refractivity (Wildman–Crippen MR) is 171 cm³/mol. The molecule has 1 heterocycles. The molecule has 0 aliphatic carbocycles. The summed E-state index contributed by atoms with van der Waals surface area (Å²) >= 11 is 0. The molecule has 0 amide bonds. The zero-order valence-electron chi connectivity index (χ0n) is 23.7. The van der Waals surface area contributed by atoms with Gasteiger partial charge in [0.05, 0.1) is 17.6 Å². The van der Waals surface area contributed by atoms with Crippen molar-refractivity contribution in [3.8, 4) is 34.0 Å². The van der Waals surface area contributed by atoms with E-state index in [0.29, 0.717) is 17.9 Å². The molecule has 2 N–H and O–H groups in total. The third-order valence-electron chi connectivity index (χ3n) is 7.69. The van der Waals surface area contributed by atoms with Crippen LogP contribution in [0, 0.1) is 0 Å². The van der Waals surface area contributed by atoms with Gasteiger partial charge in [-0.15, -0.1) is 0 Å². The molecule has 0 atom stereocenters. The molecule has 43 heavy (non-hydrogen) atoms. The number of aromatic amines is 1. The minimum atomic E-state index is -0.174. The Kier molecular flexibility index (Phi) is 7.21. The van der Waals surface area contributed by atoms with Crippen molar-refractivity contribution in [1.29, 1.82) is 0 Å². The largest absolute Gasteiger partial charge is 0.488 e. The maximum atomic E-state index is 10.4. The van der Waals surface area contributed by atoms with Crippen LogP contribution in [0.3, 0.4) is 0 Å². The van der Waals surface area contributed by atoms with Crippen LogP contribution in [0.4, 0.5) is 0 Å². The topological polar surface area (TPSA) is 76.6 Å². The molecule has 0 bridgehead atoms. The second-order valence-electron chi connectivity index (χ2n) is 10.4. The summed E-state index contributed by atoms with van der Waals surface area (Å²) in [5, 5.41) is 14.5. The summed E-state index contributed by atoms with van der Waals surface area (Å²) in [5.74, 6) is 2.12. The Bertz CT molecular complexity index is 2050. The van der Waals surface area contributed by atoms with Gasteiger partial charge in [0, 0.05) is 29.4 Å². The van der Waals surface area contributed by atoms with Gasteiger partial charge in [-0.2, -0.15) is 0 Å². The number of aromatic nitrogens is 2. The first-order chi connectivity index (χ1) is 21.2. The zero-order valence-corrected chi connectivity index (χ0v) is 23.7. The minimum Gasteiger partial charge on any atom is -0.488 e. The SMILES string of the molecule is COCOc1c(CO)cc2ccccc2c1-c1c(OCc2cccc(-c3nc4ccccc4[nH]3)c2)ccc2ccccc12. The van der Waals surface area contributed by atoms with E-state index in [0.717, 1.165) is 66.4 Å². The summed E-state index contributed by atoms with van der Waals surface area (Å²) in [5.41, 5.74) is 6.40. The van der Waals surface area contributed by atoms with Crippen molar-refractivity contribution in [2.45, 2.75) is 13.2 Å². The molecular formula is C37H30N2O4. The molecule has 0 saturated carbocycles. The van der Waals surface area contributed by atoms with Crippen LogP contribution < -0.4 is 9.47 Å². The van der Waals surface area contributed by atoms with E-state index in [4.69, 9.17) is 19.2 Å². The Hall–Kier alpha value is -5.17. The van der Waals surface area contributed by atoms with Gasteiger partial charge in [-0.3, -0.25) is 0 Å². The summed E-state index contributed by atoms with van der Waals surface area (Å²) in [7, 11) is 1.59. The summed E-state index contributed by atoms with van der Waals surface area (Å²) in [4.78, 5) is 8.19. The van der Waals surface area contributed by atoms with E-state index < -0.39 is 0 Å². The van der Waals surface area contributed by atoms with Crippen molar-refractivity contribution in [2.75, 3.05) is 13.9 Å². The highest BCUT2D eigenvalue weighted by Gasteiger charge is 2.22. The van der Waals surface area contributed by atoms with Gasteiger partial charge in [0.2, 0.25) is 0 Å². The van der Waals surface area contributed by atoms with E-state index >= 15 is 0 Å². The first-order valence-electron chi connectivity index (χ1n) is 14.2. The molecule has 0 aliphatic heterocycles. The number of nitrogens with one attached hydrogen (secondary N) is 1. The molecule has 0 radical (unpaired) electrons. The van der Waals surface area contributed by atoms with E-state index in [1.54, 1.807) is 7.11 Å². The maximum Gasteiger partial charge on any atom is 0.188 e. The highest BCUT2D eigenvalue weighted by Crippen LogP contribution is 2.47. The smallest absolute Gasteiger partial charge is 0.188 e. The number of para-hydroxylation sites is 2. The summed E-state index contributed by atoms with van der Waals surface area (Å²) in [6, 6.07) is 38.7. The van der Waals surface area contributed by atoms with Crippen LogP contribution in [-0.4, -0.2) is 29.0 Å². The van der Waals surface area contributed by atoms with Gasteiger partial charge in [0.25, 0.3) is 0 Å². The normalized spacial score (nSPS) is 11.4. The molecule has 7 aromatic rings. The van der Waals surface area contributed by atoms with Crippen LogP contribution in [0.5, 0.6) is 11.5 Å². The molecule has 0 aliphatic rings.